The lowest BCUT2D eigenvalue weighted by molar-refractivity contribution is 0.175. The van der Waals surface area contributed by atoms with E-state index in [9.17, 15) is 8.42 Å². The van der Waals surface area contributed by atoms with Crippen LogP contribution in [0.4, 0.5) is 0 Å². The Balaban J connectivity index is 1.77. The fourth-order valence-electron chi connectivity index (χ4n) is 2.96. The lowest BCUT2D eigenvalue weighted by atomic mass is 10.1. The van der Waals surface area contributed by atoms with Gasteiger partial charge in [0.1, 0.15) is 0 Å². The number of imidazole rings is 1. The molecule has 0 saturated carbocycles. The summed E-state index contributed by atoms with van der Waals surface area (Å²) in [6, 6.07) is 3.87. The van der Waals surface area contributed by atoms with E-state index in [4.69, 9.17) is 4.74 Å². The van der Waals surface area contributed by atoms with E-state index in [2.05, 4.69) is 19.6 Å². The van der Waals surface area contributed by atoms with Crippen LogP contribution >= 0.6 is 0 Å². The molecule has 2 aromatic heterocycles. The second-order valence-electron chi connectivity index (χ2n) is 5.91. The minimum atomic E-state index is -3.23. The lowest BCUT2D eigenvalue weighted by Gasteiger charge is -2.34. The average Bonchev–Trinajstić information content (AvgIpc) is 3.01. The molecule has 0 fully saturated rings. The highest BCUT2D eigenvalue weighted by Gasteiger charge is 2.26. The normalized spacial score (nSPS) is 18.3. The van der Waals surface area contributed by atoms with Gasteiger partial charge in [-0.05, 0) is 6.07 Å². The first-order valence-corrected chi connectivity index (χ1v) is 9.51. The average molecular weight is 351 g/mol. The van der Waals surface area contributed by atoms with Gasteiger partial charge in [-0.2, -0.15) is 0 Å². The van der Waals surface area contributed by atoms with E-state index in [0.29, 0.717) is 25.5 Å². The van der Waals surface area contributed by atoms with Crippen LogP contribution in [0.25, 0.3) is 0 Å². The van der Waals surface area contributed by atoms with Gasteiger partial charge in [0.15, 0.2) is 0 Å². The molecular weight excluding hydrogens is 330 g/mol. The van der Waals surface area contributed by atoms with Crippen molar-refractivity contribution in [1.29, 1.82) is 0 Å². The number of sulfonamides is 1. The van der Waals surface area contributed by atoms with Gasteiger partial charge in [0.2, 0.25) is 15.9 Å². The number of pyridine rings is 1. The van der Waals surface area contributed by atoms with Crippen molar-refractivity contribution in [2.75, 3.05) is 26.5 Å². The highest BCUT2D eigenvalue weighted by molar-refractivity contribution is 7.88. The summed E-state index contributed by atoms with van der Waals surface area (Å²) < 4.78 is 32.8. The van der Waals surface area contributed by atoms with Crippen LogP contribution in [0.15, 0.2) is 30.9 Å². The van der Waals surface area contributed by atoms with Gasteiger partial charge in [-0.15, -0.1) is 0 Å². The Hall–Kier alpha value is -1.97. The van der Waals surface area contributed by atoms with Gasteiger partial charge in [0.05, 0.1) is 31.4 Å². The summed E-state index contributed by atoms with van der Waals surface area (Å²) in [6.07, 6.45) is 6.45. The van der Waals surface area contributed by atoms with E-state index in [1.165, 1.54) is 6.26 Å². The van der Waals surface area contributed by atoms with Gasteiger partial charge < -0.3 is 9.30 Å². The number of nitrogens with zero attached hydrogens (tertiary/aromatic N) is 4. The SMILES string of the molecule is COc1ncccc1CN1Cc2cncn2[C@H](CNS(C)(=O)=O)C1. The van der Waals surface area contributed by atoms with Crippen molar-refractivity contribution in [3.8, 4) is 5.88 Å². The second kappa shape index (κ2) is 6.88. The maximum Gasteiger partial charge on any atom is 0.217 e. The van der Waals surface area contributed by atoms with E-state index >= 15 is 0 Å². The quantitative estimate of drug-likeness (QED) is 0.810. The molecule has 0 spiro atoms. The van der Waals surface area contributed by atoms with Gasteiger partial charge in [0.25, 0.3) is 0 Å². The molecule has 1 aliphatic rings. The number of aromatic nitrogens is 3. The van der Waals surface area contributed by atoms with Gasteiger partial charge >= 0.3 is 0 Å². The van der Waals surface area contributed by atoms with Crippen LogP contribution in [0.5, 0.6) is 5.88 Å². The van der Waals surface area contributed by atoms with Crippen molar-refractivity contribution in [3.63, 3.8) is 0 Å². The van der Waals surface area contributed by atoms with Crippen LogP contribution < -0.4 is 9.46 Å². The molecule has 9 heteroatoms. The van der Waals surface area contributed by atoms with Gasteiger partial charge in [-0.3, -0.25) is 4.90 Å². The van der Waals surface area contributed by atoms with Crippen molar-refractivity contribution >= 4 is 10.0 Å². The van der Waals surface area contributed by atoms with Crippen molar-refractivity contribution in [2.45, 2.75) is 19.1 Å². The zero-order chi connectivity index (χ0) is 17.2. The smallest absolute Gasteiger partial charge is 0.217 e. The predicted octanol–water partition coefficient (Wildman–Crippen LogP) is 0.393. The summed E-state index contributed by atoms with van der Waals surface area (Å²) in [5.41, 5.74) is 2.06. The summed E-state index contributed by atoms with van der Waals surface area (Å²) in [5.74, 6) is 0.613. The Labute approximate surface area is 141 Å². The number of ether oxygens (including phenoxy) is 1. The molecule has 130 valence electrons. The van der Waals surface area contributed by atoms with E-state index in [-0.39, 0.29) is 6.04 Å². The minimum absolute atomic E-state index is 0.00589. The molecule has 0 unspecified atom stereocenters. The molecule has 24 heavy (non-hydrogen) atoms. The largest absolute Gasteiger partial charge is 0.481 e. The molecule has 3 rings (SSSR count). The van der Waals surface area contributed by atoms with Crippen molar-refractivity contribution < 1.29 is 13.2 Å². The zero-order valence-electron chi connectivity index (χ0n) is 13.7. The van der Waals surface area contributed by atoms with Crippen LogP contribution in [0.2, 0.25) is 0 Å². The molecule has 8 nitrogen and oxygen atoms in total. The van der Waals surface area contributed by atoms with Gasteiger partial charge in [-0.1, -0.05) is 6.07 Å². The standard InChI is InChI=1S/C15H21N5O3S/c1-23-15-12(4-3-5-17-15)8-19-9-13-6-16-11-20(13)14(10-19)7-18-24(2,21)22/h3-6,11,14,18H,7-10H2,1-2H3/t14-/m1/s1. The number of hydrogen-bond donors (Lipinski definition) is 1. The number of fused-ring (bicyclic) bond motifs is 1. The number of rotatable bonds is 6. The zero-order valence-corrected chi connectivity index (χ0v) is 14.5. The first kappa shape index (κ1) is 16.9. The Morgan fingerprint density at radius 2 is 2.29 bits per heavy atom. The fraction of sp³-hybridized carbons (Fsp3) is 0.467. The van der Waals surface area contributed by atoms with Crippen molar-refractivity contribution in [1.82, 2.24) is 24.2 Å². The van der Waals surface area contributed by atoms with Crippen LogP contribution in [-0.4, -0.2) is 54.3 Å². The molecule has 1 N–H and O–H groups in total. The summed E-state index contributed by atoms with van der Waals surface area (Å²) in [4.78, 5) is 10.7. The Morgan fingerprint density at radius 3 is 3.04 bits per heavy atom. The minimum Gasteiger partial charge on any atom is -0.481 e. The third-order valence-electron chi connectivity index (χ3n) is 4.01. The van der Waals surface area contributed by atoms with Crippen LogP contribution in [0.1, 0.15) is 17.3 Å². The van der Waals surface area contributed by atoms with Crippen molar-refractivity contribution in [2.24, 2.45) is 0 Å². The van der Waals surface area contributed by atoms with Gasteiger partial charge in [0, 0.05) is 44.1 Å². The summed E-state index contributed by atoms with van der Waals surface area (Å²) in [5, 5.41) is 0. The molecular formula is C15H21N5O3S. The predicted molar refractivity (Wildman–Crippen MR) is 89.0 cm³/mol. The molecule has 3 heterocycles. The molecule has 2 aromatic rings. The number of hydrogen-bond acceptors (Lipinski definition) is 6. The lowest BCUT2D eigenvalue weighted by Crippen LogP contribution is -2.41. The van der Waals surface area contributed by atoms with Gasteiger partial charge in [-0.25, -0.2) is 23.1 Å². The molecule has 0 amide bonds. The molecule has 0 saturated heterocycles. The number of nitrogens with one attached hydrogen (secondary N) is 1. The summed E-state index contributed by atoms with van der Waals surface area (Å²) >= 11 is 0. The Bertz CT molecular complexity index is 805. The molecule has 0 radical (unpaired) electrons. The van der Waals surface area contributed by atoms with E-state index < -0.39 is 10.0 Å². The topological polar surface area (TPSA) is 89.3 Å². The first-order chi connectivity index (χ1) is 11.5. The molecule has 0 aliphatic carbocycles. The third kappa shape index (κ3) is 3.92. The molecule has 1 aliphatic heterocycles. The first-order valence-electron chi connectivity index (χ1n) is 7.62. The van der Waals surface area contributed by atoms with E-state index in [0.717, 1.165) is 17.8 Å². The highest BCUT2D eigenvalue weighted by atomic mass is 32.2. The van der Waals surface area contributed by atoms with Crippen molar-refractivity contribution in [3.05, 3.63) is 42.1 Å². The third-order valence-corrected chi connectivity index (χ3v) is 4.70. The molecule has 0 bridgehead atoms. The van der Waals surface area contributed by atoms with Crippen LogP contribution in [-0.2, 0) is 23.1 Å². The van der Waals surface area contributed by atoms with E-state index in [1.54, 1.807) is 19.6 Å². The monoisotopic (exact) mass is 351 g/mol. The van der Waals surface area contributed by atoms with Crippen LogP contribution in [0.3, 0.4) is 0 Å². The fourth-order valence-corrected chi connectivity index (χ4v) is 3.46. The summed E-state index contributed by atoms with van der Waals surface area (Å²) in [6.45, 7) is 2.47. The number of methoxy groups -OCH3 is 1. The van der Waals surface area contributed by atoms with Crippen LogP contribution in [0, 0.1) is 0 Å². The Kier molecular flexibility index (Phi) is 4.83. The summed E-state index contributed by atoms with van der Waals surface area (Å²) in [7, 11) is -1.62. The maximum atomic E-state index is 11.4. The molecule has 1 atom stereocenters. The van der Waals surface area contributed by atoms with E-state index in [1.807, 2.05) is 22.9 Å². The second-order valence-corrected chi connectivity index (χ2v) is 7.74. The molecule has 0 aromatic carbocycles. The highest BCUT2D eigenvalue weighted by Crippen LogP contribution is 2.24. The Morgan fingerprint density at radius 1 is 1.46 bits per heavy atom. The maximum absolute atomic E-state index is 11.4.